The minimum Gasteiger partial charge on any atom is -0.327 e. The van der Waals surface area contributed by atoms with Crippen molar-refractivity contribution < 1.29 is 0 Å². The Morgan fingerprint density at radius 3 is 2.60 bits per heavy atom. The van der Waals surface area contributed by atoms with Gasteiger partial charge in [0.2, 0.25) is 0 Å². The molecular formula is C9H19N. The summed E-state index contributed by atoms with van der Waals surface area (Å²) in [5.41, 5.74) is 5.97. The standard InChI is InChI=1S/C9H19N/c1-2-3-7-9(10)8-5-4-6-8/h8-9H,2-7,10H2,1H3. The van der Waals surface area contributed by atoms with Crippen molar-refractivity contribution >= 4 is 0 Å². The molecule has 0 aromatic rings. The van der Waals surface area contributed by atoms with Gasteiger partial charge < -0.3 is 5.73 Å². The van der Waals surface area contributed by atoms with Crippen molar-refractivity contribution in [3.63, 3.8) is 0 Å². The average Bonchev–Trinajstić information content (AvgIpc) is 1.79. The molecule has 0 spiro atoms. The largest absolute Gasteiger partial charge is 0.327 e. The van der Waals surface area contributed by atoms with Crippen LogP contribution < -0.4 is 5.73 Å². The van der Waals surface area contributed by atoms with Gasteiger partial charge in [0.25, 0.3) is 0 Å². The zero-order valence-electron chi connectivity index (χ0n) is 6.97. The summed E-state index contributed by atoms with van der Waals surface area (Å²) in [5.74, 6) is 0.881. The monoisotopic (exact) mass is 141 g/mol. The van der Waals surface area contributed by atoms with Crippen LogP contribution in [0.4, 0.5) is 0 Å². The molecule has 2 N–H and O–H groups in total. The van der Waals surface area contributed by atoms with Gasteiger partial charge in [-0.05, 0) is 25.2 Å². The fraction of sp³-hybridized carbons (Fsp3) is 1.00. The lowest BCUT2D eigenvalue weighted by Gasteiger charge is -2.31. The van der Waals surface area contributed by atoms with Gasteiger partial charge >= 0.3 is 0 Å². The summed E-state index contributed by atoms with van der Waals surface area (Å²) in [5, 5.41) is 0. The molecule has 1 unspecified atom stereocenters. The second-order valence-electron chi connectivity index (χ2n) is 3.50. The molecule has 1 fully saturated rings. The minimum absolute atomic E-state index is 0.522. The Bertz CT molecular complexity index is 86.7. The Labute approximate surface area is 64.0 Å². The van der Waals surface area contributed by atoms with Crippen molar-refractivity contribution in [1.29, 1.82) is 0 Å². The lowest BCUT2D eigenvalue weighted by atomic mass is 9.78. The number of hydrogen-bond acceptors (Lipinski definition) is 1. The van der Waals surface area contributed by atoms with Crippen LogP contribution in [0.15, 0.2) is 0 Å². The van der Waals surface area contributed by atoms with Crippen molar-refractivity contribution in [1.82, 2.24) is 0 Å². The third-order valence-corrected chi connectivity index (χ3v) is 2.65. The molecule has 0 saturated heterocycles. The van der Waals surface area contributed by atoms with Gasteiger partial charge in [0.05, 0.1) is 0 Å². The van der Waals surface area contributed by atoms with Crippen LogP contribution in [0.2, 0.25) is 0 Å². The quantitative estimate of drug-likeness (QED) is 0.638. The maximum atomic E-state index is 5.97. The summed E-state index contributed by atoms with van der Waals surface area (Å²) >= 11 is 0. The van der Waals surface area contributed by atoms with Crippen LogP contribution in [-0.4, -0.2) is 6.04 Å². The van der Waals surface area contributed by atoms with Crippen LogP contribution in [0.3, 0.4) is 0 Å². The first-order chi connectivity index (χ1) is 4.84. The van der Waals surface area contributed by atoms with E-state index in [1.54, 1.807) is 0 Å². The van der Waals surface area contributed by atoms with Crippen molar-refractivity contribution in [3.8, 4) is 0 Å². The molecule has 0 bridgehead atoms. The van der Waals surface area contributed by atoms with Crippen LogP contribution in [-0.2, 0) is 0 Å². The second-order valence-corrected chi connectivity index (χ2v) is 3.50. The molecule has 1 rings (SSSR count). The highest BCUT2D eigenvalue weighted by atomic mass is 14.7. The Morgan fingerprint density at radius 2 is 2.20 bits per heavy atom. The predicted molar refractivity (Wildman–Crippen MR) is 44.8 cm³/mol. The Balaban J connectivity index is 2.02. The zero-order valence-corrected chi connectivity index (χ0v) is 6.97. The number of hydrogen-bond donors (Lipinski definition) is 1. The van der Waals surface area contributed by atoms with Gasteiger partial charge in [-0.3, -0.25) is 0 Å². The van der Waals surface area contributed by atoms with Gasteiger partial charge in [-0.1, -0.05) is 26.2 Å². The van der Waals surface area contributed by atoms with E-state index < -0.39 is 0 Å². The first-order valence-electron chi connectivity index (χ1n) is 4.60. The maximum absolute atomic E-state index is 5.97. The summed E-state index contributed by atoms with van der Waals surface area (Å²) < 4.78 is 0. The summed E-state index contributed by atoms with van der Waals surface area (Å²) in [6, 6.07) is 0.522. The highest BCUT2D eigenvalue weighted by molar-refractivity contribution is 4.79. The number of unbranched alkanes of at least 4 members (excludes halogenated alkanes) is 1. The Hall–Kier alpha value is -0.0400. The Kier molecular flexibility index (Phi) is 3.20. The van der Waals surface area contributed by atoms with Crippen LogP contribution in [0, 0.1) is 5.92 Å². The molecule has 1 nitrogen and oxygen atoms in total. The van der Waals surface area contributed by atoms with Crippen molar-refractivity contribution in [3.05, 3.63) is 0 Å². The second kappa shape index (κ2) is 3.97. The SMILES string of the molecule is CCCCC(N)C1CCC1. The van der Waals surface area contributed by atoms with E-state index >= 15 is 0 Å². The summed E-state index contributed by atoms with van der Waals surface area (Å²) in [6.45, 7) is 2.23. The molecule has 1 atom stereocenters. The van der Waals surface area contributed by atoms with E-state index in [9.17, 15) is 0 Å². The molecule has 1 aliphatic rings. The number of nitrogens with two attached hydrogens (primary N) is 1. The molecular weight excluding hydrogens is 122 g/mol. The fourth-order valence-corrected chi connectivity index (χ4v) is 1.54. The third-order valence-electron chi connectivity index (χ3n) is 2.65. The molecule has 0 aromatic carbocycles. The van der Waals surface area contributed by atoms with Crippen LogP contribution in [0.1, 0.15) is 45.4 Å². The zero-order chi connectivity index (χ0) is 7.40. The molecule has 10 heavy (non-hydrogen) atoms. The third kappa shape index (κ3) is 1.98. The first-order valence-corrected chi connectivity index (χ1v) is 4.60. The molecule has 0 amide bonds. The van der Waals surface area contributed by atoms with Crippen LogP contribution in [0.5, 0.6) is 0 Å². The fourth-order valence-electron chi connectivity index (χ4n) is 1.54. The highest BCUT2D eigenvalue weighted by Gasteiger charge is 2.23. The maximum Gasteiger partial charge on any atom is 0.00671 e. The van der Waals surface area contributed by atoms with Crippen LogP contribution in [0.25, 0.3) is 0 Å². The van der Waals surface area contributed by atoms with E-state index in [1.807, 2.05) is 0 Å². The minimum atomic E-state index is 0.522. The Morgan fingerprint density at radius 1 is 1.50 bits per heavy atom. The predicted octanol–water partition coefficient (Wildman–Crippen LogP) is 2.30. The summed E-state index contributed by atoms with van der Waals surface area (Å²) in [6.07, 6.45) is 8.07. The first kappa shape index (κ1) is 8.06. The van der Waals surface area contributed by atoms with E-state index in [-0.39, 0.29) is 0 Å². The van der Waals surface area contributed by atoms with E-state index in [0.29, 0.717) is 6.04 Å². The van der Waals surface area contributed by atoms with Gasteiger partial charge in [0.15, 0.2) is 0 Å². The smallest absolute Gasteiger partial charge is 0.00671 e. The number of rotatable bonds is 4. The van der Waals surface area contributed by atoms with Crippen molar-refractivity contribution in [2.45, 2.75) is 51.5 Å². The molecule has 0 aromatic heterocycles. The highest BCUT2D eigenvalue weighted by Crippen LogP contribution is 2.30. The molecule has 0 heterocycles. The van der Waals surface area contributed by atoms with Crippen molar-refractivity contribution in [2.75, 3.05) is 0 Å². The van der Waals surface area contributed by atoms with Crippen LogP contribution >= 0.6 is 0 Å². The topological polar surface area (TPSA) is 26.0 Å². The molecule has 1 saturated carbocycles. The molecule has 0 radical (unpaired) electrons. The average molecular weight is 141 g/mol. The van der Waals surface area contributed by atoms with E-state index in [4.69, 9.17) is 5.73 Å². The van der Waals surface area contributed by atoms with E-state index in [2.05, 4.69) is 6.92 Å². The summed E-state index contributed by atoms with van der Waals surface area (Å²) in [4.78, 5) is 0. The van der Waals surface area contributed by atoms with Gasteiger partial charge in [-0.25, -0.2) is 0 Å². The van der Waals surface area contributed by atoms with Gasteiger partial charge in [0.1, 0.15) is 0 Å². The van der Waals surface area contributed by atoms with Gasteiger partial charge in [0, 0.05) is 6.04 Å². The molecule has 1 heteroatoms. The van der Waals surface area contributed by atoms with Crippen molar-refractivity contribution in [2.24, 2.45) is 11.7 Å². The van der Waals surface area contributed by atoms with Gasteiger partial charge in [-0.2, -0.15) is 0 Å². The normalized spacial score (nSPS) is 22.2. The van der Waals surface area contributed by atoms with Gasteiger partial charge in [-0.15, -0.1) is 0 Å². The molecule has 1 aliphatic carbocycles. The van der Waals surface area contributed by atoms with E-state index in [0.717, 1.165) is 5.92 Å². The lowest BCUT2D eigenvalue weighted by molar-refractivity contribution is 0.250. The molecule has 0 aliphatic heterocycles. The lowest BCUT2D eigenvalue weighted by Crippen LogP contribution is -2.34. The molecule has 60 valence electrons. The van der Waals surface area contributed by atoms with E-state index in [1.165, 1.54) is 38.5 Å². The summed E-state index contributed by atoms with van der Waals surface area (Å²) in [7, 11) is 0.